The zero-order valence-corrected chi connectivity index (χ0v) is 14.6. The van der Waals surface area contributed by atoms with Crippen LogP contribution in [0.25, 0.3) is 0 Å². The van der Waals surface area contributed by atoms with E-state index in [0.717, 1.165) is 24.9 Å². The Morgan fingerprint density at radius 2 is 1.76 bits per heavy atom. The van der Waals surface area contributed by atoms with E-state index in [1.165, 1.54) is 45.2 Å². The van der Waals surface area contributed by atoms with Crippen molar-refractivity contribution < 1.29 is 4.74 Å². The lowest BCUT2D eigenvalue weighted by atomic mass is 9.89. The van der Waals surface area contributed by atoms with Gasteiger partial charge in [0.2, 0.25) is 0 Å². The van der Waals surface area contributed by atoms with E-state index in [0.29, 0.717) is 18.2 Å². The highest BCUT2D eigenvalue weighted by atomic mass is 16.5. The first-order chi connectivity index (χ1) is 10.0. The molecule has 3 heteroatoms. The fraction of sp³-hybridized carbons (Fsp3) is 1.00. The van der Waals surface area contributed by atoms with Crippen molar-refractivity contribution in [3.63, 3.8) is 0 Å². The summed E-state index contributed by atoms with van der Waals surface area (Å²) in [5.74, 6) is 1.78. The van der Waals surface area contributed by atoms with Crippen LogP contribution < -0.4 is 5.32 Å². The molecule has 0 aromatic rings. The van der Waals surface area contributed by atoms with Crippen LogP contribution >= 0.6 is 0 Å². The monoisotopic (exact) mass is 296 g/mol. The molecule has 21 heavy (non-hydrogen) atoms. The third-order valence-electron chi connectivity index (χ3n) is 5.22. The lowest BCUT2D eigenvalue weighted by Crippen LogP contribution is -2.35. The molecule has 2 heterocycles. The number of hydrogen-bond donors (Lipinski definition) is 1. The molecule has 2 saturated heterocycles. The van der Waals surface area contributed by atoms with Crippen LogP contribution in [0.3, 0.4) is 0 Å². The molecular weight excluding hydrogens is 260 g/mol. The van der Waals surface area contributed by atoms with Crippen LogP contribution in [0.4, 0.5) is 0 Å². The van der Waals surface area contributed by atoms with Crippen molar-refractivity contribution in [3.8, 4) is 0 Å². The zero-order chi connectivity index (χ0) is 15.2. The summed E-state index contributed by atoms with van der Waals surface area (Å²) < 4.78 is 6.23. The van der Waals surface area contributed by atoms with Gasteiger partial charge in [-0.3, -0.25) is 0 Å². The molecule has 3 nitrogen and oxygen atoms in total. The minimum Gasteiger partial charge on any atom is -0.372 e. The van der Waals surface area contributed by atoms with E-state index in [1.807, 2.05) is 0 Å². The Morgan fingerprint density at radius 3 is 2.48 bits per heavy atom. The van der Waals surface area contributed by atoms with Gasteiger partial charge in [0.25, 0.3) is 0 Å². The highest BCUT2D eigenvalue weighted by Crippen LogP contribution is 2.26. The van der Waals surface area contributed by atoms with Gasteiger partial charge in [-0.15, -0.1) is 0 Å². The summed E-state index contributed by atoms with van der Waals surface area (Å²) in [7, 11) is 0. The van der Waals surface area contributed by atoms with E-state index in [-0.39, 0.29) is 0 Å². The van der Waals surface area contributed by atoms with Crippen molar-refractivity contribution in [1.29, 1.82) is 0 Å². The molecule has 0 aromatic carbocycles. The number of likely N-dealkylation sites (tertiary alicyclic amines) is 1. The van der Waals surface area contributed by atoms with Gasteiger partial charge in [-0.25, -0.2) is 0 Å². The summed E-state index contributed by atoms with van der Waals surface area (Å²) in [4.78, 5) is 2.66. The molecule has 2 rings (SSSR count). The van der Waals surface area contributed by atoms with Gasteiger partial charge in [-0.05, 0) is 57.0 Å². The molecule has 0 saturated carbocycles. The summed E-state index contributed by atoms with van der Waals surface area (Å²) in [6.45, 7) is 13.9. The minimum atomic E-state index is 0.438. The summed E-state index contributed by atoms with van der Waals surface area (Å²) >= 11 is 0. The van der Waals surface area contributed by atoms with Crippen LogP contribution in [0.15, 0.2) is 0 Å². The molecule has 3 unspecified atom stereocenters. The quantitative estimate of drug-likeness (QED) is 0.814. The van der Waals surface area contributed by atoms with Gasteiger partial charge in [-0.1, -0.05) is 27.7 Å². The topological polar surface area (TPSA) is 24.5 Å². The van der Waals surface area contributed by atoms with Crippen LogP contribution in [0.2, 0.25) is 0 Å². The lowest BCUT2D eigenvalue weighted by molar-refractivity contribution is 0.0229. The number of ether oxygens (including phenoxy) is 1. The molecule has 0 amide bonds. The van der Waals surface area contributed by atoms with Gasteiger partial charge in [0.1, 0.15) is 0 Å². The molecule has 124 valence electrons. The van der Waals surface area contributed by atoms with Crippen LogP contribution in [0.5, 0.6) is 0 Å². The van der Waals surface area contributed by atoms with E-state index in [2.05, 4.69) is 37.9 Å². The van der Waals surface area contributed by atoms with Gasteiger partial charge in [0, 0.05) is 19.1 Å². The average Bonchev–Trinajstić information content (AvgIpc) is 2.73. The molecule has 2 fully saturated rings. The number of rotatable bonds is 6. The van der Waals surface area contributed by atoms with Gasteiger partial charge < -0.3 is 15.0 Å². The van der Waals surface area contributed by atoms with Crippen molar-refractivity contribution in [2.45, 2.75) is 78.0 Å². The second-order valence-electron chi connectivity index (χ2n) is 7.76. The van der Waals surface area contributed by atoms with Crippen LogP contribution in [0, 0.1) is 11.8 Å². The highest BCUT2D eigenvalue weighted by Gasteiger charge is 2.28. The second kappa shape index (κ2) is 8.50. The highest BCUT2D eigenvalue weighted by molar-refractivity contribution is 4.80. The average molecular weight is 296 g/mol. The normalized spacial score (nSPS) is 32.0. The van der Waals surface area contributed by atoms with Crippen molar-refractivity contribution in [2.75, 3.05) is 26.2 Å². The van der Waals surface area contributed by atoms with E-state index in [4.69, 9.17) is 4.74 Å². The first-order valence-corrected chi connectivity index (χ1v) is 9.15. The molecule has 0 bridgehead atoms. The Hall–Kier alpha value is -0.120. The minimum absolute atomic E-state index is 0.438. The van der Waals surface area contributed by atoms with E-state index >= 15 is 0 Å². The van der Waals surface area contributed by atoms with E-state index in [9.17, 15) is 0 Å². The molecular formula is C18H36N2O. The smallest absolute Gasteiger partial charge is 0.0707 e. The van der Waals surface area contributed by atoms with Crippen molar-refractivity contribution in [1.82, 2.24) is 10.2 Å². The maximum atomic E-state index is 6.23. The lowest BCUT2D eigenvalue weighted by Gasteiger charge is -2.24. The fourth-order valence-electron chi connectivity index (χ4n) is 3.75. The van der Waals surface area contributed by atoms with E-state index < -0.39 is 0 Å². The first kappa shape index (κ1) is 17.2. The molecule has 1 N–H and O–H groups in total. The third-order valence-corrected chi connectivity index (χ3v) is 5.22. The van der Waals surface area contributed by atoms with Crippen LogP contribution in [-0.4, -0.2) is 49.3 Å². The standard InChI is InChI=1S/C18H36N2O/c1-14(2)16-6-5-10-20(11-9-16)13-18-8-7-17(21-18)12-19-15(3)4/h14-19H,5-13H2,1-4H3. The fourth-order valence-corrected chi connectivity index (χ4v) is 3.75. The van der Waals surface area contributed by atoms with Gasteiger partial charge in [0.15, 0.2) is 0 Å². The number of nitrogens with one attached hydrogen (secondary N) is 1. The Labute approximate surface area is 131 Å². The largest absolute Gasteiger partial charge is 0.372 e. The summed E-state index contributed by atoms with van der Waals surface area (Å²) in [5.41, 5.74) is 0. The third kappa shape index (κ3) is 5.88. The Kier molecular flexibility index (Phi) is 6.97. The van der Waals surface area contributed by atoms with Gasteiger partial charge in [-0.2, -0.15) is 0 Å². The summed E-state index contributed by atoms with van der Waals surface area (Å²) in [6.07, 6.45) is 7.55. The molecule has 0 spiro atoms. The zero-order valence-electron chi connectivity index (χ0n) is 14.6. The molecule has 0 aromatic heterocycles. The summed E-state index contributed by atoms with van der Waals surface area (Å²) in [5, 5.41) is 3.50. The van der Waals surface area contributed by atoms with Crippen molar-refractivity contribution in [3.05, 3.63) is 0 Å². The van der Waals surface area contributed by atoms with Crippen LogP contribution in [0.1, 0.15) is 59.8 Å². The number of nitrogens with zero attached hydrogens (tertiary/aromatic N) is 1. The molecule has 0 radical (unpaired) electrons. The maximum Gasteiger partial charge on any atom is 0.0707 e. The number of hydrogen-bond acceptors (Lipinski definition) is 3. The molecule has 3 atom stereocenters. The molecule has 2 aliphatic heterocycles. The van der Waals surface area contributed by atoms with Crippen molar-refractivity contribution in [2.24, 2.45) is 11.8 Å². The summed E-state index contributed by atoms with van der Waals surface area (Å²) in [6, 6.07) is 0.561. The molecule has 2 aliphatic rings. The Bertz CT molecular complexity index is 293. The SMILES string of the molecule is CC(C)NCC1CCC(CN2CCCC(C(C)C)CC2)O1. The van der Waals surface area contributed by atoms with Crippen molar-refractivity contribution >= 4 is 0 Å². The van der Waals surface area contributed by atoms with E-state index in [1.54, 1.807) is 0 Å². The van der Waals surface area contributed by atoms with Gasteiger partial charge in [0.05, 0.1) is 12.2 Å². The first-order valence-electron chi connectivity index (χ1n) is 9.15. The van der Waals surface area contributed by atoms with Crippen LogP contribution in [-0.2, 0) is 4.74 Å². The second-order valence-corrected chi connectivity index (χ2v) is 7.76. The Balaban J connectivity index is 1.68. The van der Waals surface area contributed by atoms with Gasteiger partial charge >= 0.3 is 0 Å². The Morgan fingerprint density at radius 1 is 1.00 bits per heavy atom. The molecule has 0 aliphatic carbocycles. The predicted octanol–water partition coefficient (Wildman–Crippen LogP) is 3.29. The maximum absolute atomic E-state index is 6.23. The predicted molar refractivity (Wildman–Crippen MR) is 89.7 cm³/mol.